The second-order valence-electron chi connectivity index (χ2n) is 6.44. The quantitative estimate of drug-likeness (QED) is 0.843. The molecule has 0 aromatic heterocycles. The molecule has 0 saturated carbocycles. The van der Waals surface area contributed by atoms with Gasteiger partial charge < -0.3 is 15.4 Å². The summed E-state index contributed by atoms with van der Waals surface area (Å²) in [5.41, 5.74) is 8.02. The largest absolute Gasteiger partial charge is 0.496 e. The molecule has 1 amide bonds. The first-order chi connectivity index (χ1) is 12.1. The lowest BCUT2D eigenvalue weighted by Gasteiger charge is -2.18. The molecular formula is C20H24Cl2N2O2. The number of hydrogen-bond donors (Lipinski definition) is 1. The maximum atomic E-state index is 12.8. The van der Waals surface area contributed by atoms with Gasteiger partial charge in [-0.05, 0) is 36.2 Å². The van der Waals surface area contributed by atoms with Gasteiger partial charge in [-0.1, -0.05) is 41.9 Å². The van der Waals surface area contributed by atoms with E-state index in [0.29, 0.717) is 30.4 Å². The van der Waals surface area contributed by atoms with Crippen LogP contribution >= 0.6 is 24.0 Å². The molecule has 26 heavy (non-hydrogen) atoms. The normalized spacial score (nSPS) is 19.1. The number of halogens is 2. The Morgan fingerprint density at radius 1 is 1.23 bits per heavy atom. The fourth-order valence-electron chi connectivity index (χ4n) is 3.55. The number of hydrogen-bond acceptors (Lipinski definition) is 3. The Morgan fingerprint density at radius 2 is 1.96 bits per heavy atom. The number of likely N-dealkylation sites (tertiary alicyclic amines) is 1. The molecular weight excluding hydrogens is 371 g/mol. The van der Waals surface area contributed by atoms with Crippen LogP contribution in [0.4, 0.5) is 0 Å². The number of methoxy groups -OCH3 is 1. The van der Waals surface area contributed by atoms with E-state index in [9.17, 15) is 4.79 Å². The van der Waals surface area contributed by atoms with Crippen LogP contribution in [0.5, 0.6) is 5.75 Å². The monoisotopic (exact) mass is 394 g/mol. The van der Waals surface area contributed by atoms with Crippen molar-refractivity contribution in [1.82, 2.24) is 4.90 Å². The minimum atomic E-state index is 0. The van der Waals surface area contributed by atoms with Crippen molar-refractivity contribution in [1.29, 1.82) is 0 Å². The molecule has 1 fully saturated rings. The molecule has 140 valence electrons. The molecule has 0 unspecified atom stereocenters. The summed E-state index contributed by atoms with van der Waals surface area (Å²) in [6.45, 7) is 1.97. The standard InChI is InChI=1S/C20H23ClN2O2.ClH/c1-25-19-8-7-17(21)9-15(19)10-20(24)23-12-16(11-22)18(13-23)14-5-3-2-4-6-14;/h2-9,16,18H,10-13,22H2,1H3;1H/t16-,18+;/m1./s1. The van der Waals surface area contributed by atoms with Gasteiger partial charge in [-0.15, -0.1) is 12.4 Å². The van der Waals surface area contributed by atoms with Gasteiger partial charge in [-0.2, -0.15) is 0 Å². The van der Waals surface area contributed by atoms with Gasteiger partial charge in [-0.3, -0.25) is 4.79 Å². The maximum absolute atomic E-state index is 12.8. The topological polar surface area (TPSA) is 55.6 Å². The maximum Gasteiger partial charge on any atom is 0.227 e. The Hall–Kier alpha value is -1.75. The lowest BCUT2D eigenvalue weighted by atomic mass is 9.89. The van der Waals surface area contributed by atoms with Gasteiger partial charge in [0.15, 0.2) is 0 Å². The van der Waals surface area contributed by atoms with Crippen LogP contribution in [0.25, 0.3) is 0 Å². The van der Waals surface area contributed by atoms with E-state index in [1.165, 1.54) is 5.56 Å². The van der Waals surface area contributed by atoms with Gasteiger partial charge >= 0.3 is 0 Å². The van der Waals surface area contributed by atoms with Crippen LogP contribution in [0, 0.1) is 5.92 Å². The van der Waals surface area contributed by atoms with E-state index in [0.717, 1.165) is 5.56 Å². The predicted molar refractivity (Wildman–Crippen MR) is 107 cm³/mol. The molecule has 6 heteroatoms. The van der Waals surface area contributed by atoms with Crippen molar-refractivity contribution in [3.05, 3.63) is 64.7 Å². The first kappa shape index (κ1) is 20.6. The first-order valence-corrected chi connectivity index (χ1v) is 8.85. The Balaban J connectivity index is 0.00000243. The molecule has 1 aliphatic rings. The average molecular weight is 395 g/mol. The van der Waals surface area contributed by atoms with Gasteiger partial charge in [0.05, 0.1) is 13.5 Å². The third-order valence-electron chi connectivity index (χ3n) is 4.91. The van der Waals surface area contributed by atoms with Crippen LogP contribution in [-0.4, -0.2) is 37.6 Å². The summed E-state index contributed by atoms with van der Waals surface area (Å²) in [4.78, 5) is 14.7. The summed E-state index contributed by atoms with van der Waals surface area (Å²) in [5.74, 6) is 1.34. The summed E-state index contributed by atoms with van der Waals surface area (Å²) < 4.78 is 5.35. The number of amides is 1. The van der Waals surface area contributed by atoms with Gasteiger partial charge in [0.1, 0.15) is 5.75 Å². The third kappa shape index (κ3) is 4.50. The predicted octanol–water partition coefficient (Wildman–Crippen LogP) is 3.51. The Bertz CT molecular complexity index is 740. The molecule has 2 atom stereocenters. The molecule has 0 bridgehead atoms. The van der Waals surface area contributed by atoms with Crippen LogP contribution in [0.15, 0.2) is 48.5 Å². The van der Waals surface area contributed by atoms with E-state index in [1.54, 1.807) is 25.3 Å². The summed E-state index contributed by atoms with van der Waals surface area (Å²) in [7, 11) is 1.60. The van der Waals surface area contributed by atoms with Crippen molar-refractivity contribution in [3.8, 4) is 5.75 Å². The highest BCUT2D eigenvalue weighted by Gasteiger charge is 2.35. The van der Waals surface area contributed by atoms with Crippen molar-refractivity contribution in [2.75, 3.05) is 26.7 Å². The summed E-state index contributed by atoms with van der Waals surface area (Å²) in [6, 6.07) is 15.6. The molecule has 2 aromatic rings. The molecule has 1 heterocycles. The van der Waals surface area contributed by atoms with Crippen molar-refractivity contribution in [2.24, 2.45) is 11.7 Å². The molecule has 2 aromatic carbocycles. The van der Waals surface area contributed by atoms with E-state index in [4.69, 9.17) is 22.1 Å². The van der Waals surface area contributed by atoms with Gasteiger partial charge in [0.2, 0.25) is 5.91 Å². The molecule has 1 aliphatic heterocycles. The fraction of sp³-hybridized carbons (Fsp3) is 0.350. The smallest absolute Gasteiger partial charge is 0.227 e. The van der Waals surface area contributed by atoms with Crippen LogP contribution < -0.4 is 10.5 Å². The van der Waals surface area contributed by atoms with E-state index in [-0.39, 0.29) is 36.6 Å². The number of carbonyl (C=O) groups excluding carboxylic acids is 1. The van der Waals surface area contributed by atoms with E-state index in [1.807, 2.05) is 23.1 Å². The number of benzene rings is 2. The molecule has 0 radical (unpaired) electrons. The van der Waals surface area contributed by atoms with Crippen LogP contribution in [0.1, 0.15) is 17.0 Å². The lowest BCUT2D eigenvalue weighted by molar-refractivity contribution is -0.129. The number of nitrogens with two attached hydrogens (primary N) is 1. The SMILES string of the molecule is COc1ccc(Cl)cc1CC(=O)N1C[C@@H](CN)[C@H](c2ccccc2)C1.Cl. The number of nitrogens with zero attached hydrogens (tertiary/aromatic N) is 1. The minimum Gasteiger partial charge on any atom is -0.496 e. The number of rotatable bonds is 5. The second kappa shape index (κ2) is 9.26. The zero-order valence-electron chi connectivity index (χ0n) is 14.7. The molecule has 3 rings (SSSR count). The summed E-state index contributed by atoms with van der Waals surface area (Å²) >= 11 is 6.07. The van der Waals surface area contributed by atoms with Gasteiger partial charge in [-0.25, -0.2) is 0 Å². The average Bonchev–Trinajstić information content (AvgIpc) is 3.07. The molecule has 0 spiro atoms. The number of ether oxygens (including phenoxy) is 1. The first-order valence-electron chi connectivity index (χ1n) is 8.47. The van der Waals surface area contributed by atoms with Crippen molar-refractivity contribution in [2.45, 2.75) is 12.3 Å². The van der Waals surface area contributed by atoms with Crippen molar-refractivity contribution < 1.29 is 9.53 Å². The lowest BCUT2D eigenvalue weighted by Crippen LogP contribution is -2.31. The van der Waals surface area contributed by atoms with Gasteiger partial charge in [0.25, 0.3) is 0 Å². The molecule has 4 nitrogen and oxygen atoms in total. The van der Waals surface area contributed by atoms with E-state index in [2.05, 4.69) is 12.1 Å². The Morgan fingerprint density at radius 3 is 2.62 bits per heavy atom. The Kier molecular flexibility index (Phi) is 7.33. The van der Waals surface area contributed by atoms with Gasteiger partial charge in [0, 0.05) is 29.6 Å². The highest BCUT2D eigenvalue weighted by atomic mass is 35.5. The van der Waals surface area contributed by atoms with E-state index >= 15 is 0 Å². The molecule has 2 N–H and O–H groups in total. The highest BCUT2D eigenvalue weighted by Crippen LogP contribution is 2.33. The van der Waals surface area contributed by atoms with Crippen LogP contribution in [0.3, 0.4) is 0 Å². The second-order valence-corrected chi connectivity index (χ2v) is 6.88. The van der Waals surface area contributed by atoms with Crippen molar-refractivity contribution >= 4 is 29.9 Å². The number of carbonyl (C=O) groups is 1. The minimum absolute atomic E-state index is 0. The summed E-state index contributed by atoms with van der Waals surface area (Å²) in [5, 5.41) is 0.604. The van der Waals surface area contributed by atoms with E-state index < -0.39 is 0 Å². The third-order valence-corrected chi connectivity index (χ3v) is 5.14. The Labute approximate surface area is 165 Å². The van der Waals surface area contributed by atoms with Crippen LogP contribution in [-0.2, 0) is 11.2 Å². The fourth-order valence-corrected chi connectivity index (χ4v) is 3.75. The molecule has 1 saturated heterocycles. The summed E-state index contributed by atoms with van der Waals surface area (Å²) in [6.07, 6.45) is 0.280. The highest BCUT2D eigenvalue weighted by molar-refractivity contribution is 6.30. The van der Waals surface area contributed by atoms with Crippen LogP contribution in [0.2, 0.25) is 5.02 Å². The zero-order valence-corrected chi connectivity index (χ0v) is 16.3. The molecule has 0 aliphatic carbocycles. The van der Waals surface area contributed by atoms with Crippen molar-refractivity contribution in [3.63, 3.8) is 0 Å². The zero-order chi connectivity index (χ0) is 17.8.